The number of aliphatic carboxylic acids is 1. The van der Waals surface area contributed by atoms with Gasteiger partial charge >= 0.3 is 5.97 Å². The molecular formula is C12H13ClO2. The molecule has 0 amide bonds. The molecule has 0 fully saturated rings. The van der Waals surface area contributed by atoms with E-state index in [1.54, 1.807) is 0 Å². The second-order valence-electron chi connectivity index (χ2n) is 4.43. The van der Waals surface area contributed by atoms with Gasteiger partial charge in [0.2, 0.25) is 0 Å². The minimum Gasteiger partial charge on any atom is -0.481 e. The van der Waals surface area contributed by atoms with E-state index in [1.807, 2.05) is 25.1 Å². The third-order valence-corrected chi connectivity index (χ3v) is 3.44. The summed E-state index contributed by atoms with van der Waals surface area (Å²) < 4.78 is 0. The molecule has 0 aromatic heterocycles. The molecule has 1 aromatic rings. The molecule has 0 saturated carbocycles. The summed E-state index contributed by atoms with van der Waals surface area (Å²) in [4.78, 5) is 10.8. The van der Waals surface area contributed by atoms with Crippen molar-refractivity contribution in [1.82, 2.24) is 0 Å². The summed E-state index contributed by atoms with van der Waals surface area (Å²) in [6.45, 7) is 2.01. The molecule has 0 bridgehead atoms. The van der Waals surface area contributed by atoms with Gasteiger partial charge in [-0.3, -0.25) is 4.79 Å². The lowest BCUT2D eigenvalue weighted by atomic mass is 9.81. The van der Waals surface area contributed by atoms with Crippen LogP contribution in [0.2, 0.25) is 5.02 Å². The van der Waals surface area contributed by atoms with Gasteiger partial charge in [-0.2, -0.15) is 0 Å². The minimum atomic E-state index is -0.736. The van der Waals surface area contributed by atoms with Gasteiger partial charge in [0, 0.05) is 10.4 Å². The van der Waals surface area contributed by atoms with Crippen LogP contribution in [0.3, 0.4) is 0 Å². The van der Waals surface area contributed by atoms with Gasteiger partial charge in [0.15, 0.2) is 0 Å². The first-order chi connectivity index (χ1) is 7.01. The largest absolute Gasteiger partial charge is 0.481 e. The van der Waals surface area contributed by atoms with Crippen molar-refractivity contribution < 1.29 is 9.90 Å². The molecule has 2 nitrogen and oxygen atoms in total. The Balaban J connectivity index is 2.39. The Bertz CT molecular complexity index is 414. The Kier molecular flexibility index (Phi) is 2.47. The first kappa shape index (κ1) is 10.5. The van der Waals surface area contributed by atoms with Gasteiger partial charge in [0.1, 0.15) is 0 Å². The van der Waals surface area contributed by atoms with Crippen LogP contribution < -0.4 is 0 Å². The number of fused-ring (bicyclic) bond motifs is 1. The molecule has 3 heteroatoms. The van der Waals surface area contributed by atoms with E-state index >= 15 is 0 Å². The van der Waals surface area contributed by atoms with Crippen molar-refractivity contribution in [3.63, 3.8) is 0 Å². The molecule has 0 spiro atoms. The zero-order valence-corrected chi connectivity index (χ0v) is 9.34. The predicted octanol–water partition coefficient (Wildman–Crippen LogP) is 3.02. The first-order valence-corrected chi connectivity index (χ1v) is 5.40. The summed E-state index contributed by atoms with van der Waals surface area (Å²) in [6.07, 6.45) is 2.02. The highest BCUT2D eigenvalue weighted by molar-refractivity contribution is 6.30. The highest BCUT2D eigenvalue weighted by atomic mass is 35.5. The Hall–Kier alpha value is -1.02. The van der Waals surface area contributed by atoms with Gasteiger partial charge in [-0.1, -0.05) is 24.6 Å². The lowest BCUT2D eigenvalue weighted by molar-refractivity contribution is -0.138. The van der Waals surface area contributed by atoms with E-state index in [-0.39, 0.29) is 11.8 Å². The van der Waals surface area contributed by atoms with E-state index in [0.717, 1.165) is 23.4 Å². The van der Waals surface area contributed by atoms with E-state index in [2.05, 4.69) is 0 Å². The van der Waals surface area contributed by atoms with Crippen molar-refractivity contribution in [1.29, 1.82) is 0 Å². The topological polar surface area (TPSA) is 37.3 Å². The molecule has 1 aliphatic rings. The van der Waals surface area contributed by atoms with Crippen molar-refractivity contribution in [3.05, 3.63) is 34.3 Å². The van der Waals surface area contributed by atoms with Gasteiger partial charge in [0.25, 0.3) is 0 Å². The first-order valence-electron chi connectivity index (χ1n) is 5.02. The molecule has 1 N–H and O–H groups in total. The zero-order chi connectivity index (χ0) is 11.1. The number of hydrogen-bond donors (Lipinski definition) is 1. The lowest BCUT2D eigenvalue weighted by Gasteiger charge is -2.23. The molecule has 0 aliphatic heterocycles. The second-order valence-corrected chi connectivity index (χ2v) is 4.87. The smallest absolute Gasteiger partial charge is 0.304 e. The summed E-state index contributed by atoms with van der Waals surface area (Å²) in [5.74, 6) is -0.736. The number of carboxylic acid groups (broad SMARTS) is 1. The highest BCUT2D eigenvalue weighted by Crippen LogP contribution is 2.41. The predicted molar refractivity (Wildman–Crippen MR) is 59.4 cm³/mol. The summed E-state index contributed by atoms with van der Waals surface area (Å²) in [7, 11) is 0. The number of carboxylic acids is 1. The fourth-order valence-corrected chi connectivity index (χ4v) is 2.62. The molecular weight excluding hydrogens is 212 g/mol. The number of aryl methyl sites for hydroxylation is 1. The Morgan fingerprint density at radius 2 is 2.33 bits per heavy atom. The lowest BCUT2D eigenvalue weighted by Crippen LogP contribution is -2.22. The number of rotatable bonds is 2. The second kappa shape index (κ2) is 3.53. The molecule has 1 unspecified atom stereocenters. The van der Waals surface area contributed by atoms with E-state index in [0.29, 0.717) is 0 Å². The summed E-state index contributed by atoms with van der Waals surface area (Å²) >= 11 is 5.91. The van der Waals surface area contributed by atoms with Crippen LogP contribution in [-0.4, -0.2) is 11.1 Å². The maximum absolute atomic E-state index is 10.8. The summed E-state index contributed by atoms with van der Waals surface area (Å²) in [5, 5.41) is 9.62. The normalized spacial score (nSPS) is 23.9. The van der Waals surface area contributed by atoms with Crippen molar-refractivity contribution in [2.75, 3.05) is 0 Å². The Morgan fingerprint density at radius 3 is 3.00 bits per heavy atom. The van der Waals surface area contributed by atoms with Crippen LogP contribution in [0.5, 0.6) is 0 Å². The van der Waals surface area contributed by atoms with Crippen LogP contribution in [0.1, 0.15) is 30.9 Å². The molecule has 0 radical (unpaired) electrons. The SMILES string of the molecule is CC1(CC(=O)O)CCc2cc(Cl)ccc21. The summed E-state index contributed by atoms with van der Waals surface area (Å²) in [6, 6.07) is 5.75. The molecule has 1 aromatic carbocycles. The van der Waals surface area contributed by atoms with E-state index in [1.165, 1.54) is 5.56 Å². The van der Waals surface area contributed by atoms with Gasteiger partial charge in [-0.15, -0.1) is 0 Å². The molecule has 1 atom stereocenters. The Morgan fingerprint density at radius 1 is 1.60 bits per heavy atom. The maximum atomic E-state index is 10.8. The monoisotopic (exact) mass is 224 g/mol. The number of carbonyl (C=O) groups is 1. The van der Waals surface area contributed by atoms with Gasteiger partial charge < -0.3 is 5.11 Å². The number of hydrogen-bond acceptors (Lipinski definition) is 1. The van der Waals surface area contributed by atoms with Crippen LogP contribution in [-0.2, 0) is 16.6 Å². The van der Waals surface area contributed by atoms with Crippen molar-refractivity contribution in [2.24, 2.45) is 0 Å². The zero-order valence-electron chi connectivity index (χ0n) is 8.59. The van der Waals surface area contributed by atoms with E-state index in [9.17, 15) is 4.79 Å². The van der Waals surface area contributed by atoms with E-state index < -0.39 is 5.97 Å². The van der Waals surface area contributed by atoms with E-state index in [4.69, 9.17) is 16.7 Å². The molecule has 15 heavy (non-hydrogen) atoms. The average molecular weight is 225 g/mol. The van der Waals surface area contributed by atoms with Gasteiger partial charge in [0.05, 0.1) is 6.42 Å². The van der Waals surface area contributed by atoms with Gasteiger partial charge in [-0.05, 0) is 36.1 Å². The number of benzene rings is 1. The van der Waals surface area contributed by atoms with Crippen LogP contribution >= 0.6 is 11.6 Å². The third-order valence-electron chi connectivity index (χ3n) is 3.21. The van der Waals surface area contributed by atoms with Crippen LogP contribution in [0.15, 0.2) is 18.2 Å². The van der Waals surface area contributed by atoms with Crippen LogP contribution in [0, 0.1) is 0 Å². The molecule has 1 aliphatic carbocycles. The van der Waals surface area contributed by atoms with Crippen LogP contribution in [0.4, 0.5) is 0 Å². The van der Waals surface area contributed by atoms with Crippen molar-refractivity contribution in [3.8, 4) is 0 Å². The molecule has 80 valence electrons. The highest BCUT2D eigenvalue weighted by Gasteiger charge is 2.36. The standard InChI is InChI=1S/C12H13ClO2/c1-12(7-11(14)15)5-4-8-6-9(13)2-3-10(8)12/h2-3,6H,4-5,7H2,1H3,(H,14,15). The Labute approximate surface area is 93.9 Å². The average Bonchev–Trinajstić information content (AvgIpc) is 2.42. The third kappa shape index (κ3) is 1.86. The molecule has 0 heterocycles. The number of halogens is 1. The van der Waals surface area contributed by atoms with Crippen LogP contribution in [0.25, 0.3) is 0 Å². The summed E-state index contributed by atoms with van der Waals surface area (Å²) in [5.41, 5.74) is 2.13. The molecule has 0 saturated heterocycles. The van der Waals surface area contributed by atoms with Gasteiger partial charge in [-0.25, -0.2) is 0 Å². The van der Waals surface area contributed by atoms with Crippen molar-refractivity contribution in [2.45, 2.75) is 31.6 Å². The fraction of sp³-hybridized carbons (Fsp3) is 0.417. The molecule has 2 rings (SSSR count). The minimum absolute atomic E-state index is 0.196. The quantitative estimate of drug-likeness (QED) is 0.839. The maximum Gasteiger partial charge on any atom is 0.304 e. The fourth-order valence-electron chi connectivity index (χ4n) is 2.42. The van der Waals surface area contributed by atoms with Crippen molar-refractivity contribution >= 4 is 17.6 Å².